The number of nitro groups is 1. The molecule has 1 aromatic heterocycles. The van der Waals surface area contributed by atoms with E-state index in [1.165, 1.54) is 58.8 Å². The molecule has 120 valence electrons. The monoisotopic (exact) mass is 345 g/mol. The number of carbonyl (C=O) groups is 2. The number of amides is 1. The van der Waals surface area contributed by atoms with Crippen LogP contribution in [0, 0.1) is 10.1 Å². The minimum absolute atomic E-state index is 0.0752. The van der Waals surface area contributed by atoms with E-state index >= 15 is 0 Å². The summed E-state index contributed by atoms with van der Waals surface area (Å²) in [4.78, 5) is 37.6. The normalized spacial score (nSPS) is 11.7. The molecule has 1 heterocycles. The third-order valence-corrected chi connectivity index (χ3v) is 5.07. The summed E-state index contributed by atoms with van der Waals surface area (Å²) in [5.41, 5.74) is -0.0752. The number of aliphatic carboxylic acids is 1. The second-order valence-electron chi connectivity index (χ2n) is 4.29. The zero-order chi connectivity index (χ0) is 16.7. The average Bonchev–Trinajstić information content (AvgIpc) is 2.50. The van der Waals surface area contributed by atoms with Gasteiger partial charge in [-0.3, -0.25) is 14.9 Å². The molecule has 1 rings (SSSR count). The van der Waals surface area contributed by atoms with E-state index in [-0.39, 0.29) is 18.0 Å². The number of hydrogen-bond donors (Lipinski definition) is 1. The van der Waals surface area contributed by atoms with Gasteiger partial charge in [0.2, 0.25) is 5.91 Å². The largest absolute Gasteiger partial charge is 0.480 e. The van der Waals surface area contributed by atoms with Crippen LogP contribution in [0.3, 0.4) is 0 Å². The van der Waals surface area contributed by atoms with Gasteiger partial charge in [0.1, 0.15) is 17.3 Å². The van der Waals surface area contributed by atoms with Crippen LogP contribution in [0.15, 0.2) is 23.4 Å². The number of pyridine rings is 1. The SMILES string of the molecule is C[C@@H](C(=O)O)N(C)C(=O)CCSSc1ccc([N+](=O)[O-])cn1. The Hall–Kier alpha value is -1.81. The molecule has 0 unspecified atom stereocenters. The Morgan fingerprint density at radius 3 is 2.68 bits per heavy atom. The fourth-order valence-electron chi connectivity index (χ4n) is 1.32. The van der Waals surface area contributed by atoms with Crippen LogP contribution in [0.2, 0.25) is 0 Å². The van der Waals surface area contributed by atoms with Crippen LogP contribution in [-0.4, -0.2) is 50.6 Å². The molecular formula is C12H15N3O5S2. The molecule has 8 nitrogen and oxygen atoms in total. The van der Waals surface area contributed by atoms with Gasteiger partial charge < -0.3 is 10.0 Å². The van der Waals surface area contributed by atoms with E-state index in [1.54, 1.807) is 0 Å². The molecule has 22 heavy (non-hydrogen) atoms. The Labute approximate surface area is 134 Å². The summed E-state index contributed by atoms with van der Waals surface area (Å²) in [5, 5.41) is 19.9. The van der Waals surface area contributed by atoms with Gasteiger partial charge in [-0.1, -0.05) is 10.8 Å². The van der Waals surface area contributed by atoms with E-state index in [1.807, 2.05) is 0 Å². The van der Waals surface area contributed by atoms with Gasteiger partial charge in [0.15, 0.2) is 0 Å². The molecule has 1 N–H and O–H groups in total. The summed E-state index contributed by atoms with van der Waals surface area (Å²) in [7, 11) is 4.14. The number of carboxylic acids is 1. The van der Waals surface area contributed by atoms with Crippen molar-refractivity contribution in [3.8, 4) is 0 Å². The predicted octanol–water partition coefficient (Wildman–Crippen LogP) is 2.05. The number of carbonyl (C=O) groups excluding carboxylic acids is 1. The molecular weight excluding hydrogens is 330 g/mol. The van der Waals surface area contributed by atoms with Gasteiger partial charge in [0.25, 0.3) is 5.69 Å². The molecule has 1 atom stereocenters. The second kappa shape index (κ2) is 8.59. The maximum absolute atomic E-state index is 11.8. The second-order valence-corrected chi connectivity index (χ2v) is 6.72. The Bertz CT molecular complexity index is 552. The van der Waals surface area contributed by atoms with Gasteiger partial charge in [-0.05, 0) is 23.8 Å². The van der Waals surface area contributed by atoms with E-state index in [2.05, 4.69) is 4.98 Å². The summed E-state index contributed by atoms with van der Waals surface area (Å²) < 4.78 is 0. The number of likely N-dealkylation sites (N-methyl/N-ethyl adjacent to an activating group) is 1. The van der Waals surface area contributed by atoms with Crippen LogP contribution >= 0.6 is 21.6 Å². The average molecular weight is 345 g/mol. The van der Waals surface area contributed by atoms with Crippen molar-refractivity contribution in [2.45, 2.75) is 24.4 Å². The number of nitrogens with zero attached hydrogens (tertiary/aromatic N) is 3. The highest BCUT2D eigenvalue weighted by Crippen LogP contribution is 2.30. The first-order valence-corrected chi connectivity index (χ1v) is 8.53. The molecule has 0 spiro atoms. The zero-order valence-corrected chi connectivity index (χ0v) is 13.6. The molecule has 0 fully saturated rings. The number of carboxylic acid groups (broad SMARTS) is 1. The fraction of sp³-hybridized carbons (Fsp3) is 0.417. The molecule has 0 aliphatic carbocycles. The molecule has 0 aliphatic rings. The maximum atomic E-state index is 11.8. The van der Waals surface area contributed by atoms with E-state index in [0.29, 0.717) is 10.8 Å². The van der Waals surface area contributed by atoms with Crippen molar-refractivity contribution in [3.05, 3.63) is 28.4 Å². The molecule has 1 amide bonds. The summed E-state index contributed by atoms with van der Waals surface area (Å²) in [6.45, 7) is 1.45. The van der Waals surface area contributed by atoms with Crippen molar-refractivity contribution in [3.63, 3.8) is 0 Å². The Morgan fingerprint density at radius 1 is 1.50 bits per heavy atom. The van der Waals surface area contributed by atoms with Crippen molar-refractivity contribution >= 4 is 39.2 Å². The molecule has 0 bridgehead atoms. The van der Waals surface area contributed by atoms with Gasteiger partial charge in [-0.2, -0.15) is 0 Å². The van der Waals surface area contributed by atoms with Crippen LogP contribution in [0.4, 0.5) is 5.69 Å². The lowest BCUT2D eigenvalue weighted by atomic mass is 10.3. The minimum Gasteiger partial charge on any atom is -0.480 e. The lowest BCUT2D eigenvalue weighted by Crippen LogP contribution is -2.40. The van der Waals surface area contributed by atoms with Gasteiger partial charge in [-0.15, -0.1) is 0 Å². The quantitative estimate of drug-likeness (QED) is 0.329. The van der Waals surface area contributed by atoms with Crippen LogP contribution in [0.25, 0.3) is 0 Å². The van der Waals surface area contributed by atoms with E-state index in [0.717, 1.165) is 0 Å². The first kappa shape index (κ1) is 18.2. The van der Waals surface area contributed by atoms with Gasteiger partial charge in [-0.25, -0.2) is 9.78 Å². The van der Waals surface area contributed by atoms with Crippen LogP contribution in [-0.2, 0) is 9.59 Å². The molecule has 0 saturated carbocycles. The first-order chi connectivity index (χ1) is 10.3. The van der Waals surface area contributed by atoms with Gasteiger partial charge in [0.05, 0.1) is 4.92 Å². The Morgan fingerprint density at radius 2 is 2.18 bits per heavy atom. The van der Waals surface area contributed by atoms with E-state index in [9.17, 15) is 19.7 Å². The standard InChI is InChI=1S/C12H15N3O5S2/c1-8(12(17)18)14(2)11(16)5-6-21-22-10-4-3-9(7-13-10)15(19)20/h3-4,7-8H,5-6H2,1-2H3,(H,17,18)/t8-/m0/s1. The van der Waals surface area contributed by atoms with Crippen molar-refractivity contribution < 1.29 is 19.6 Å². The van der Waals surface area contributed by atoms with Gasteiger partial charge >= 0.3 is 5.97 Å². The summed E-state index contributed by atoms with van der Waals surface area (Å²) in [6.07, 6.45) is 1.38. The smallest absolute Gasteiger partial charge is 0.326 e. The molecule has 0 saturated heterocycles. The third-order valence-electron chi connectivity index (χ3n) is 2.81. The molecule has 1 aromatic rings. The van der Waals surface area contributed by atoms with Crippen LogP contribution in [0.5, 0.6) is 0 Å². The number of rotatable bonds is 8. The van der Waals surface area contributed by atoms with Crippen molar-refractivity contribution in [1.82, 2.24) is 9.88 Å². The summed E-state index contributed by atoms with van der Waals surface area (Å²) in [6, 6.07) is 2.04. The lowest BCUT2D eigenvalue weighted by Gasteiger charge is -2.21. The molecule has 0 aliphatic heterocycles. The van der Waals surface area contributed by atoms with Gasteiger partial charge in [0, 0.05) is 25.3 Å². The minimum atomic E-state index is -1.05. The summed E-state index contributed by atoms with van der Waals surface area (Å²) >= 11 is 0. The number of hydrogen-bond acceptors (Lipinski definition) is 7. The summed E-state index contributed by atoms with van der Waals surface area (Å²) in [5.74, 6) is -0.814. The van der Waals surface area contributed by atoms with Crippen molar-refractivity contribution in [1.29, 1.82) is 0 Å². The number of aromatic nitrogens is 1. The van der Waals surface area contributed by atoms with Crippen LogP contribution in [0.1, 0.15) is 13.3 Å². The Balaban J connectivity index is 2.34. The topological polar surface area (TPSA) is 114 Å². The highest BCUT2D eigenvalue weighted by atomic mass is 33.1. The van der Waals surface area contributed by atoms with Crippen LogP contribution < -0.4 is 0 Å². The molecule has 0 aromatic carbocycles. The highest BCUT2D eigenvalue weighted by Gasteiger charge is 2.21. The Kier molecular flexibility index (Phi) is 7.12. The predicted molar refractivity (Wildman–Crippen MR) is 83.7 cm³/mol. The van der Waals surface area contributed by atoms with Crippen molar-refractivity contribution in [2.24, 2.45) is 0 Å². The van der Waals surface area contributed by atoms with Crippen molar-refractivity contribution in [2.75, 3.05) is 12.8 Å². The third kappa shape index (κ3) is 5.53. The molecule has 10 heteroatoms. The highest BCUT2D eigenvalue weighted by molar-refractivity contribution is 8.76. The van der Waals surface area contributed by atoms with E-state index in [4.69, 9.17) is 5.11 Å². The maximum Gasteiger partial charge on any atom is 0.326 e. The van der Waals surface area contributed by atoms with E-state index < -0.39 is 16.9 Å². The lowest BCUT2D eigenvalue weighted by molar-refractivity contribution is -0.385. The first-order valence-electron chi connectivity index (χ1n) is 6.21. The fourth-order valence-corrected chi connectivity index (χ4v) is 3.16. The molecule has 0 radical (unpaired) electrons. The zero-order valence-electron chi connectivity index (χ0n) is 12.0.